The molecular weight excluding hydrogens is 296 g/mol. The molecule has 0 aliphatic carbocycles. The van der Waals surface area contributed by atoms with Crippen LogP contribution in [0.15, 0.2) is 53.7 Å². The van der Waals surface area contributed by atoms with Gasteiger partial charge in [0, 0.05) is 31.7 Å². The summed E-state index contributed by atoms with van der Waals surface area (Å²) in [6.45, 7) is 7.15. The van der Waals surface area contributed by atoms with Crippen LogP contribution in [0.4, 0.5) is 0 Å². The van der Waals surface area contributed by atoms with Gasteiger partial charge in [0.05, 0.1) is 12.2 Å². The summed E-state index contributed by atoms with van der Waals surface area (Å²) in [5, 5.41) is 3.47. The highest BCUT2D eigenvalue weighted by molar-refractivity contribution is 5.80. The zero-order chi connectivity index (χ0) is 17.0. The van der Waals surface area contributed by atoms with Gasteiger partial charge in [-0.15, -0.1) is 0 Å². The molecule has 0 amide bonds. The largest absolute Gasteiger partial charge is 0.351 e. The van der Waals surface area contributed by atoms with Crippen molar-refractivity contribution in [1.82, 2.24) is 15.2 Å². The van der Waals surface area contributed by atoms with Crippen LogP contribution in [0.5, 0.6) is 0 Å². The number of rotatable bonds is 3. The van der Waals surface area contributed by atoms with Crippen molar-refractivity contribution in [3.63, 3.8) is 0 Å². The molecular formula is C20H26N4. The standard InChI is InChI=1S/C20H26N4/c1-16-8-7-12-22-18(16)14-23-19(21-3)24-13-11-20(2,15-24)17-9-5-4-6-10-17/h4-10,12H,11,13-15H2,1-3H3,(H,21,23). The Morgan fingerprint density at radius 1 is 1.25 bits per heavy atom. The summed E-state index contributed by atoms with van der Waals surface area (Å²) < 4.78 is 0. The van der Waals surface area contributed by atoms with Crippen LogP contribution in [-0.4, -0.2) is 36.0 Å². The molecule has 0 spiro atoms. The predicted molar refractivity (Wildman–Crippen MR) is 99.2 cm³/mol. The zero-order valence-electron chi connectivity index (χ0n) is 14.8. The van der Waals surface area contributed by atoms with Crippen molar-refractivity contribution in [2.24, 2.45) is 4.99 Å². The summed E-state index contributed by atoms with van der Waals surface area (Å²) >= 11 is 0. The van der Waals surface area contributed by atoms with E-state index in [-0.39, 0.29) is 5.41 Å². The summed E-state index contributed by atoms with van der Waals surface area (Å²) in [6.07, 6.45) is 2.98. The van der Waals surface area contributed by atoms with Crippen LogP contribution in [-0.2, 0) is 12.0 Å². The van der Waals surface area contributed by atoms with E-state index >= 15 is 0 Å². The average molecular weight is 322 g/mol. The molecule has 3 rings (SSSR count). The SMILES string of the molecule is CN=C(NCc1ncccc1C)N1CCC(C)(c2ccccc2)C1. The molecule has 0 radical (unpaired) electrons. The Morgan fingerprint density at radius 3 is 2.75 bits per heavy atom. The molecule has 0 saturated carbocycles. The van der Waals surface area contributed by atoms with E-state index in [4.69, 9.17) is 0 Å². The van der Waals surface area contributed by atoms with Crippen LogP contribution in [0.1, 0.15) is 30.2 Å². The molecule has 126 valence electrons. The lowest BCUT2D eigenvalue weighted by atomic mass is 9.82. The maximum Gasteiger partial charge on any atom is 0.193 e. The Labute approximate surface area is 144 Å². The second-order valence-corrected chi connectivity index (χ2v) is 6.77. The summed E-state index contributed by atoms with van der Waals surface area (Å²) in [5.74, 6) is 0.958. The lowest BCUT2D eigenvalue weighted by Gasteiger charge is -2.27. The third kappa shape index (κ3) is 3.42. The topological polar surface area (TPSA) is 40.5 Å². The lowest BCUT2D eigenvalue weighted by Crippen LogP contribution is -2.41. The molecule has 4 heteroatoms. The maximum atomic E-state index is 4.48. The van der Waals surface area contributed by atoms with Gasteiger partial charge in [-0.05, 0) is 30.5 Å². The number of aliphatic imine (C=N–C) groups is 1. The third-order valence-corrected chi connectivity index (χ3v) is 4.99. The van der Waals surface area contributed by atoms with Crippen molar-refractivity contribution in [3.05, 3.63) is 65.5 Å². The number of hydrogen-bond donors (Lipinski definition) is 1. The van der Waals surface area contributed by atoms with E-state index in [1.165, 1.54) is 11.1 Å². The molecule has 2 heterocycles. The normalized spacial score (nSPS) is 21.1. The van der Waals surface area contributed by atoms with Crippen LogP contribution in [0.2, 0.25) is 0 Å². The molecule has 1 aromatic carbocycles. The number of hydrogen-bond acceptors (Lipinski definition) is 2. The Hall–Kier alpha value is -2.36. The maximum absolute atomic E-state index is 4.48. The predicted octanol–water partition coefficient (Wildman–Crippen LogP) is 3.13. The molecule has 4 nitrogen and oxygen atoms in total. The van der Waals surface area contributed by atoms with Crippen LogP contribution >= 0.6 is 0 Å². The zero-order valence-corrected chi connectivity index (χ0v) is 14.8. The minimum Gasteiger partial charge on any atom is -0.351 e. The Kier molecular flexibility index (Phi) is 4.84. The quantitative estimate of drug-likeness (QED) is 0.697. The third-order valence-electron chi connectivity index (χ3n) is 4.99. The Morgan fingerprint density at radius 2 is 2.04 bits per heavy atom. The van der Waals surface area contributed by atoms with E-state index in [1.807, 2.05) is 19.3 Å². The fourth-order valence-corrected chi connectivity index (χ4v) is 3.42. The van der Waals surface area contributed by atoms with Crippen molar-refractivity contribution in [1.29, 1.82) is 0 Å². The Bertz CT molecular complexity index is 711. The van der Waals surface area contributed by atoms with Crippen molar-refractivity contribution < 1.29 is 0 Å². The fourth-order valence-electron chi connectivity index (χ4n) is 3.42. The highest BCUT2D eigenvalue weighted by Gasteiger charge is 2.36. The first-order valence-corrected chi connectivity index (χ1v) is 8.54. The minimum absolute atomic E-state index is 0.180. The molecule has 1 aromatic heterocycles. The number of nitrogens with one attached hydrogen (secondary N) is 1. The van der Waals surface area contributed by atoms with Gasteiger partial charge in [0.2, 0.25) is 0 Å². The lowest BCUT2D eigenvalue weighted by molar-refractivity contribution is 0.438. The number of guanidine groups is 1. The van der Waals surface area contributed by atoms with Gasteiger partial charge in [-0.1, -0.05) is 43.3 Å². The van der Waals surface area contributed by atoms with Gasteiger partial charge in [0.25, 0.3) is 0 Å². The van der Waals surface area contributed by atoms with Crippen molar-refractivity contribution in [2.45, 2.75) is 32.2 Å². The number of benzene rings is 1. The van der Waals surface area contributed by atoms with Crippen molar-refractivity contribution >= 4 is 5.96 Å². The van der Waals surface area contributed by atoms with Gasteiger partial charge >= 0.3 is 0 Å². The highest BCUT2D eigenvalue weighted by atomic mass is 15.3. The molecule has 1 unspecified atom stereocenters. The second kappa shape index (κ2) is 7.04. The van der Waals surface area contributed by atoms with Gasteiger partial charge in [-0.2, -0.15) is 0 Å². The second-order valence-electron chi connectivity index (χ2n) is 6.77. The average Bonchev–Trinajstić information content (AvgIpc) is 3.01. The molecule has 1 N–H and O–H groups in total. The van der Waals surface area contributed by atoms with Gasteiger partial charge in [0.15, 0.2) is 5.96 Å². The van der Waals surface area contributed by atoms with E-state index in [9.17, 15) is 0 Å². The molecule has 1 saturated heterocycles. The van der Waals surface area contributed by atoms with Gasteiger partial charge in [-0.3, -0.25) is 9.98 Å². The number of likely N-dealkylation sites (tertiary alicyclic amines) is 1. The molecule has 1 aliphatic heterocycles. The van der Waals surface area contributed by atoms with E-state index < -0.39 is 0 Å². The Balaban J connectivity index is 1.66. The van der Waals surface area contributed by atoms with Crippen LogP contribution in [0.25, 0.3) is 0 Å². The number of aryl methyl sites for hydroxylation is 1. The molecule has 1 atom stereocenters. The van der Waals surface area contributed by atoms with Crippen LogP contribution < -0.4 is 5.32 Å². The molecule has 1 aliphatic rings. The monoisotopic (exact) mass is 322 g/mol. The van der Waals surface area contributed by atoms with E-state index in [1.54, 1.807) is 0 Å². The highest BCUT2D eigenvalue weighted by Crippen LogP contribution is 2.33. The van der Waals surface area contributed by atoms with Gasteiger partial charge in [-0.25, -0.2) is 0 Å². The number of pyridine rings is 1. The summed E-state index contributed by atoms with van der Waals surface area (Å²) in [6, 6.07) is 14.9. The summed E-state index contributed by atoms with van der Waals surface area (Å²) in [7, 11) is 1.85. The van der Waals surface area contributed by atoms with Gasteiger partial charge < -0.3 is 10.2 Å². The fraction of sp³-hybridized carbons (Fsp3) is 0.400. The van der Waals surface area contributed by atoms with Crippen LogP contribution in [0.3, 0.4) is 0 Å². The van der Waals surface area contributed by atoms with E-state index in [0.717, 1.165) is 31.2 Å². The number of nitrogens with zero attached hydrogens (tertiary/aromatic N) is 3. The van der Waals surface area contributed by atoms with Crippen molar-refractivity contribution in [3.8, 4) is 0 Å². The van der Waals surface area contributed by atoms with Gasteiger partial charge in [0.1, 0.15) is 0 Å². The molecule has 1 fully saturated rings. The molecule has 0 bridgehead atoms. The number of aromatic nitrogens is 1. The summed E-state index contributed by atoms with van der Waals surface area (Å²) in [4.78, 5) is 11.3. The molecule has 24 heavy (non-hydrogen) atoms. The smallest absolute Gasteiger partial charge is 0.193 e. The first kappa shape index (κ1) is 16.5. The van der Waals surface area contributed by atoms with E-state index in [2.05, 4.69) is 70.4 Å². The first-order chi connectivity index (χ1) is 11.6. The van der Waals surface area contributed by atoms with E-state index in [0.29, 0.717) is 6.54 Å². The molecule has 2 aromatic rings. The van der Waals surface area contributed by atoms with Crippen LogP contribution in [0, 0.1) is 6.92 Å². The van der Waals surface area contributed by atoms with Crippen molar-refractivity contribution in [2.75, 3.05) is 20.1 Å². The first-order valence-electron chi connectivity index (χ1n) is 8.54. The minimum atomic E-state index is 0.180. The summed E-state index contributed by atoms with van der Waals surface area (Å²) in [5.41, 5.74) is 3.86.